The Morgan fingerprint density at radius 1 is 1.50 bits per heavy atom. The highest BCUT2D eigenvalue weighted by Crippen LogP contribution is 2.66. The third-order valence-corrected chi connectivity index (χ3v) is 4.34. The summed E-state index contributed by atoms with van der Waals surface area (Å²) in [7, 11) is -4.44. The molecular formula is C9H14NO7P. The number of carboxylic acid groups (broad SMARTS) is 1. The van der Waals surface area contributed by atoms with Crippen molar-refractivity contribution in [3.05, 3.63) is 11.4 Å². The molecule has 4 atom stereocenters. The second-order valence-electron chi connectivity index (χ2n) is 4.86. The van der Waals surface area contributed by atoms with E-state index in [2.05, 4.69) is 0 Å². The van der Waals surface area contributed by atoms with Gasteiger partial charge in [-0.2, -0.15) is 0 Å². The average molecular weight is 279 g/mol. The second kappa shape index (κ2) is 3.86. The SMILES string of the molecule is NC1(C(=O)O)C/C(=C\P(=O)(O)O)C2C(C(O)O)C21. The van der Waals surface area contributed by atoms with Crippen LogP contribution in [-0.2, 0) is 9.36 Å². The minimum absolute atomic E-state index is 0.188. The number of aliphatic hydroxyl groups excluding tert-OH is 1. The van der Waals surface area contributed by atoms with Crippen LogP contribution in [0.25, 0.3) is 0 Å². The van der Waals surface area contributed by atoms with Gasteiger partial charge < -0.3 is 30.8 Å². The van der Waals surface area contributed by atoms with Crippen LogP contribution in [0.4, 0.5) is 0 Å². The van der Waals surface area contributed by atoms with Crippen LogP contribution >= 0.6 is 7.60 Å². The first-order valence-electron chi connectivity index (χ1n) is 5.23. The topological polar surface area (TPSA) is 161 Å². The first-order valence-corrected chi connectivity index (χ1v) is 6.91. The van der Waals surface area contributed by atoms with Crippen molar-refractivity contribution in [3.8, 4) is 0 Å². The number of carboxylic acids is 1. The lowest BCUT2D eigenvalue weighted by Crippen LogP contribution is -2.49. The summed E-state index contributed by atoms with van der Waals surface area (Å²) in [5.74, 6) is -2.69. The number of rotatable bonds is 3. The average Bonchev–Trinajstić information content (AvgIpc) is 2.82. The van der Waals surface area contributed by atoms with Crippen LogP contribution in [0.5, 0.6) is 0 Å². The maximum atomic E-state index is 11.1. The highest BCUT2D eigenvalue weighted by molar-refractivity contribution is 7.55. The van der Waals surface area contributed by atoms with Gasteiger partial charge in [-0.1, -0.05) is 5.57 Å². The summed E-state index contributed by atoms with van der Waals surface area (Å²) in [6.45, 7) is 0. The highest BCUT2D eigenvalue weighted by atomic mass is 31.2. The Kier molecular flexibility index (Phi) is 2.93. The first-order chi connectivity index (χ1) is 8.08. The Balaban J connectivity index is 2.37. The van der Waals surface area contributed by atoms with Gasteiger partial charge in [0.05, 0.1) is 0 Å². The van der Waals surface area contributed by atoms with Gasteiger partial charge in [0, 0.05) is 17.7 Å². The summed E-state index contributed by atoms with van der Waals surface area (Å²) in [6, 6.07) is 0. The van der Waals surface area contributed by atoms with Crippen LogP contribution < -0.4 is 5.73 Å². The summed E-state index contributed by atoms with van der Waals surface area (Å²) in [4.78, 5) is 28.9. The molecule has 0 radical (unpaired) electrons. The minimum atomic E-state index is -4.44. The van der Waals surface area contributed by atoms with E-state index < -0.39 is 43.1 Å². The minimum Gasteiger partial charge on any atom is -0.480 e. The Morgan fingerprint density at radius 2 is 2.06 bits per heavy atom. The number of aliphatic hydroxyl groups is 2. The lowest BCUT2D eigenvalue weighted by Gasteiger charge is -2.23. The number of hydrogen-bond donors (Lipinski definition) is 6. The lowest BCUT2D eigenvalue weighted by atomic mass is 9.90. The largest absolute Gasteiger partial charge is 0.480 e. The van der Waals surface area contributed by atoms with Crippen LogP contribution in [-0.4, -0.2) is 42.9 Å². The number of fused-ring (bicyclic) bond motifs is 1. The summed E-state index contributed by atoms with van der Waals surface area (Å²) in [5, 5.41) is 27.3. The molecule has 0 heterocycles. The van der Waals surface area contributed by atoms with Crippen LogP contribution in [0.3, 0.4) is 0 Å². The molecule has 2 saturated carbocycles. The van der Waals surface area contributed by atoms with E-state index >= 15 is 0 Å². The maximum absolute atomic E-state index is 11.1. The molecule has 0 aromatic carbocycles. The van der Waals surface area contributed by atoms with Gasteiger partial charge in [-0.3, -0.25) is 9.36 Å². The summed E-state index contributed by atoms with van der Waals surface area (Å²) >= 11 is 0. The summed E-state index contributed by atoms with van der Waals surface area (Å²) in [6.07, 6.45) is -1.94. The van der Waals surface area contributed by atoms with E-state index in [9.17, 15) is 9.36 Å². The fourth-order valence-electron chi connectivity index (χ4n) is 2.99. The predicted octanol–water partition coefficient (Wildman–Crippen LogP) is -1.59. The Labute approximate surface area is 102 Å². The number of carbonyl (C=O) groups is 1. The molecule has 0 aromatic heterocycles. The molecular weight excluding hydrogens is 265 g/mol. The molecule has 2 aliphatic rings. The van der Waals surface area contributed by atoms with E-state index in [-0.39, 0.29) is 12.0 Å². The van der Waals surface area contributed by atoms with E-state index in [1.54, 1.807) is 0 Å². The van der Waals surface area contributed by atoms with Crippen molar-refractivity contribution in [2.24, 2.45) is 23.5 Å². The quantitative estimate of drug-likeness (QED) is 0.266. The number of nitrogens with two attached hydrogens (primary N) is 1. The molecule has 0 spiro atoms. The van der Waals surface area contributed by atoms with Gasteiger partial charge in [0.1, 0.15) is 5.54 Å². The van der Waals surface area contributed by atoms with E-state index in [0.717, 1.165) is 0 Å². The highest BCUT2D eigenvalue weighted by Gasteiger charge is 2.71. The normalized spacial score (nSPS) is 41.2. The molecule has 2 rings (SSSR count). The molecule has 2 fully saturated rings. The Morgan fingerprint density at radius 3 is 2.44 bits per heavy atom. The van der Waals surface area contributed by atoms with Crippen molar-refractivity contribution in [1.82, 2.24) is 0 Å². The van der Waals surface area contributed by atoms with Gasteiger partial charge in [0.25, 0.3) is 0 Å². The lowest BCUT2D eigenvalue weighted by molar-refractivity contribution is -0.144. The van der Waals surface area contributed by atoms with Crippen LogP contribution in [0.1, 0.15) is 6.42 Å². The standard InChI is InChI=1S/C9H14NO7P/c10-9(8(13)14)1-3(2-18(15,16)17)4-5(6(4)9)7(11)12/h2,4-7,11-12H,1,10H2,(H,13,14)(H2,15,16,17)/b3-2+. The molecule has 0 amide bonds. The van der Waals surface area contributed by atoms with Gasteiger partial charge in [0.2, 0.25) is 0 Å². The zero-order chi connectivity index (χ0) is 13.9. The maximum Gasteiger partial charge on any atom is 0.349 e. The zero-order valence-corrected chi connectivity index (χ0v) is 10.1. The van der Waals surface area contributed by atoms with Crippen molar-refractivity contribution in [1.29, 1.82) is 0 Å². The molecule has 0 saturated heterocycles. The zero-order valence-electron chi connectivity index (χ0n) is 9.17. The van der Waals surface area contributed by atoms with E-state index in [0.29, 0.717) is 5.82 Å². The fraction of sp³-hybridized carbons (Fsp3) is 0.667. The Bertz CT molecular complexity index is 470. The third kappa shape index (κ3) is 2.01. The van der Waals surface area contributed by atoms with Crippen molar-refractivity contribution in [2.75, 3.05) is 0 Å². The molecule has 0 bridgehead atoms. The van der Waals surface area contributed by atoms with Crippen molar-refractivity contribution >= 4 is 13.6 Å². The van der Waals surface area contributed by atoms with Crippen molar-refractivity contribution < 1.29 is 34.5 Å². The summed E-state index contributed by atoms with van der Waals surface area (Å²) < 4.78 is 10.9. The van der Waals surface area contributed by atoms with Crippen LogP contribution in [0.2, 0.25) is 0 Å². The molecule has 4 unspecified atom stereocenters. The molecule has 7 N–H and O–H groups in total. The van der Waals surface area contributed by atoms with E-state index in [1.807, 2.05) is 0 Å². The molecule has 2 aliphatic carbocycles. The fourth-order valence-corrected chi connectivity index (χ4v) is 3.68. The van der Waals surface area contributed by atoms with Gasteiger partial charge in [-0.15, -0.1) is 0 Å². The number of hydrogen-bond acceptors (Lipinski definition) is 5. The molecule has 18 heavy (non-hydrogen) atoms. The predicted molar refractivity (Wildman–Crippen MR) is 58.0 cm³/mol. The van der Waals surface area contributed by atoms with E-state index in [1.165, 1.54) is 0 Å². The summed E-state index contributed by atoms with van der Waals surface area (Å²) in [5.41, 5.74) is 4.21. The van der Waals surface area contributed by atoms with Crippen LogP contribution in [0.15, 0.2) is 11.4 Å². The number of aliphatic carboxylic acids is 1. The third-order valence-electron chi connectivity index (χ3n) is 3.67. The van der Waals surface area contributed by atoms with Gasteiger partial charge >= 0.3 is 13.6 Å². The van der Waals surface area contributed by atoms with Gasteiger partial charge in [-0.25, -0.2) is 0 Å². The van der Waals surface area contributed by atoms with Crippen molar-refractivity contribution in [2.45, 2.75) is 18.2 Å². The van der Waals surface area contributed by atoms with Crippen molar-refractivity contribution in [3.63, 3.8) is 0 Å². The smallest absolute Gasteiger partial charge is 0.349 e. The molecule has 0 aliphatic heterocycles. The molecule has 8 nitrogen and oxygen atoms in total. The van der Waals surface area contributed by atoms with Gasteiger partial charge in [0.15, 0.2) is 6.29 Å². The van der Waals surface area contributed by atoms with E-state index in [4.69, 9.17) is 30.8 Å². The second-order valence-corrected chi connectivity index (χ2v) is 6.29. The first kappa shape index (κ1) is 13.7. The molecule has 102 valence electrons. The molecule has 9 heteroatoms. The van der Waals surface area contributed by atoms with Crippen LogP contribution in [0, 0.1) is 17.8 Å². The van der Waals surface area contributed by atoms with Gasteiger partial charge in [-0.05, 0) is 12.3 Å². The monoisotopic (exact) mass is 279 g/mol. The molecule has 0 aromatic rings. The Hall–Kier alpha value is -0.760.